The monoisotopic (exact) mass is 409 g/mol. The van der Waals surface area contributed by atoms with Gasteiger partial charge in [-0.1, -0.05) is 12.1 Å². The highest BCUT2D eigenvalue weighted by Crippen LogP contribution is 2.29. The van der Waals surface area contributed by atoms with Gasteiger partial charge in [0.15, 0.2) is 11.2 Å². The van der Waals surface area contributed by atoms with E-state index in [0.29, 0.717) is 5.56 Å². The number of likely N-dealkylation sites (N-methyl/N-ethyl adjacent to an activating group) is 1. The lowest BCUT2D eigenvalue weighted by Crippen LogP contribution is -2.43. The van der Waals surface area contributed by atoms with Crippen molar-refractivity contribution >= 4 is 17.1 Å². The highest BCUT2D eigenvalue weighted by atomic mass is 19.4. The van der Waals surface area contributed by atoms with Gasteiger partial charge < -0.3 is 9.47 Å². The summed E-state index contributed by atoms with van der Waals surface area (Å²) < 4.78 is 41.4. The normalized spacial score (nSPS) is 11.8. The molecule has 0 aliphatic heterocycles. The number of imidazole rings is 1. The summed E-state index contributed by atoms with van der Waals surface area (Å²) in [5.41, 5.74) is -1.22. The van der Waals surface area contributed by atoms with E-state index >= 15 is 0 Å². The van der Waals surface area contributed by atoms with Crippen LogP contribution in [-0.2, 0) is 38.2 Å². The van der Waals surface area contributed by atoms with Crippen molar-refractivity contribution in [2.45, 2.75) is 19.3 Å². The highest BCUT2D eigenvalue weighted by molar-refractivity contribution is 5.76. The van der Waals surface area contributed by atoms with Gasteiger partial charge in [-0.05, 0) is 17.7 Å². The number of alkyl halides is 3. The number of halogens is 3. The minimum absolute atomic E-state index is 0.0278. The topological polar surface area (TPSA) is 82.1 Å². The number of aromatic nitrogens is 4. The van der Waals surface area contributed by atoms with E-state index < -0.39 is 35.4 Å². The van der Waals surface area contributed by atoms with Crippen molar-refractivity contribution in [1.29, 1.82) is 0 Å². The first-order valence-electron chi connectivity index (χ1n) is 8.51. The number of hydrogen-bond acceptors (Lipinski definition) is 4. The lowest BCUT2D eigenvalue weighted by molar-refractivity contribution is -0.137. The van der Waals surface area contributed by atoms with Crippen LogP contribution in [0.5, 0.6) is 0 Å². The number of hydrogen-bond donors (Lipinski definition) is 0. The van der Waals surface area contributed by atoms with Gasteiger partial charge in [0.1, 0.15) is 6.54 Å². The van der Waals surface area contributed by atoms with Gasteiger partial charge in [-0.2, -0.15) is 13.2 Å². The van der Waals surface area contributed by atoms with Crippen LogP contribution in [0.4, 0.5) is 13.2 Å². The minimum atomic E-state index is -4.44. The predicted octanol–water partition coefficient (Wildman–Crippen LogP) is 1.11. The van der Waals surface area contributed by atoms with E-state index in [0.717, 1.165) is 16.7 Å². The van der Waals surface area contributed by atoms with Crippen LogP contribution in [0.1, 0.15) is 11.1 Å². The highest BCUT2D eigenvalue weighted by Gasteiger charge is 2.30. The number of aryl methyl sites for hydroxylation is 2. The summed E-state index contributed by atoms with van der Waals surface area (Å²) in [6, 6.07) is 4.42. The zero-order valence-corrected chi connectivity index (χ0v) is 15.9. The molecule has 154 valence electrons. The average molecular weight is 409 g/mol. The van der Waals surface area contributed by atoms with Gasteiger partial charge >= 0.3 is 11.9 Å². The van der Waals surface area contributed by atoms with E-state index in [1.54, 1.807) is 7.05 Å². The zero-order valence-electron chi connectivity index (χ0n) is 15.9. The lowest BCUT2D eigenvalue weighted by Gasteiger charge is -2.18. The van der Waals surface area contributed by atoms with Crippen molar-refractivity contribution in [3.05, 3.63) is 62.6 Å². The summed E-state index contributed by atoms with van der Waals surface area (Å²) >= 11 is 0. The molecule has 3 rings (SSSR count). The maximum Gasteiger partial charge on any atom is 0.416 e. The number of nitrogens with zero attached hydrogens (tertiary/aromatic N) is 5. The fraction of sp³-hybridized carbons (Fsp3) is 0.333. The van der Waals surface area contributed by atoms with Crippen molar-refractivity contribution in [2.24, 2.45) is 14.1 Å². The number of rotatable bonds is 4. The quantitative estimate of drug-likeness (QED) is 0.647. The van der Waals surface area contributed by atoms with E-state index in [1.807, 2.05) is 0 Å². The lowest BCUT2D eigenvalue weighted by atomic mass is 10.1. The van der Waals surface area contributed by atoms with Gasteiger partial charge in [0, 0.05) is 27.7 Å². The maximum absolute atomic E-state index is 12.6. The van der Waals surface area contributed by atoms with Gasteiger partial charge in [0.05, 0.1) is 11.9 Å². The Bertz CT molecular complexity index is 1190. The SMILES string of the molecule is CN(Cc1ccc(C(F)(F)F)cc1)C(=O)Cn1c(=O)c2c(ncn2C)n(C)c1=O. The summed E-state index contributed by atoms with van der Waals surface area (Å²) in [5.74, 6) is -0.536. The number of carbonyl (C=O) groups excluding carboxylic acids is 1. The molecule has 0 N–H and O–H groups in total. The summed E-state index contributed by atoms with van der Waals surface area (Å²) in [4.78, 5) is 42.9. The largest absolute Gasteiger partial charge is 0.416 e. The molecule has 8 nitrogen and oxygen atoms in total. The maximum atomic E-state index is 12.6. The first-order chi connectivity index (χ1) is 13.5. The van der Waals surface area contributed by atoms with Crippen LogP contribution in [0.25, 0.3) is 11.2 Å². The Morgan fingerprint density at radius 1 is 1.14 bits per heavy atom. The molecule has 0 saturated carbocycles. The molecule has 11 heteroatoms. The summed E-state index contributed by atoms with van der Waals surface area (Å²) in [5, 5.41) is 0. The van der Waals surface area contributed by atoms with Crippen LogP contribution in [0.3, 0.4) is 0 Å². The number of amides is 1. The Hall–Kier alpha value is -3.37. The molecule has 1 amide bonds. The molecule has 0 unspecified atom stereocenters. The summed E-state index contributed by atoms with van der Waals surface area (Å²) in [6.45, 7) is -0.468. The molecular weight excluding hydrogens is 391 g/mol. The van der Waals surface area contributed by atoms with Crippen LogP contribution in [0.2, 0.25) is 0 Å². The Labute approximate surface area is 162 Å². The van der Waals surface area contributed by atoms with Crippen molar-refractivity contribution in [3.63, 3.8) is 0 Å². The third-order valence-corrected chi connectivity index (χ3v) is 4.62. The molecule has 0 bridgehead atoms. The summed E-state index contributed by atoms with van der Waals surface area (Å²) in [6.07, 6.45) is -3.04. The van der Waals surface area contributed by atoms with Gasteiger partial charge in [-0.25, -0.2) is 14.3 Å². The average Bonchev–Trinajstić information content (AvgIpc) is 3.04. The number of carbonyl (C=O) groups is 1. The van der Waals surface area contributed by atoms with Crippen molar-refractivity contribution < 1.29 is 18.0 Å². The van der Waals surface area contributed by atoms with Crippen molar-refractivity contribution in [2.75, 3.05) is 7.05 Å². The smallest absolute Gasteiger partial charge is 0.340 e. The minimum Gasteiger partial charge on any atom is -0.340 e. The number of fused-ring (bicyclic) bond motifs is 1. The molecule has 29 heavy (non-hydrogen) atoms. The second kappa shape index (κ2) is 7.22. The number of benzene rings is 1. The van der Waals surface area contributed by atoms with Crippen LogP contribution in [0, 0.1) is 0 Å². The molecule has 0 atom stereocenters. The van der Waals surface area contributed by atoms with Crippen LogP contribution in [-0.4, -0.2) is 36.5 Å². The molecule has 2 aromatic heterocycles. The Morgan fingerprint density at radius 3 is 2.34 bits per heavy atom. The Balaban J connectivity index is 1.82. The van der Waals surface area contributed by atoms with Crippen LogP contribution < -0.4 is 11.2 Å². The molecule has 3 aromatic rings. The molecule has 2 heterocycles. The summed E-state index contributed by atoms with van der Waals surface area (Å²) in [7, 11) is 4.49. The molecule has 0 radical (unpaired) electrons. The van der Waals surface area contributed by atoms with E-state index in [9.17, 15) is 27.6 Å². The molecule has 0 aliphatic carbocycles. The van der Waals surface area contributed by atoms with Gasteiger partial charge in [0.2, 0.25) is 5.91 Å². The second-order valence-corrected chi connectivity index (χ2v) is 6.71. The van der Waals surface area contributed by atoms with Gasteiger partial charge in [-0.3, -0.25) is 14.2 Å². The molecule has 0 aliphatic rings. The molecule has 0 spiro atoms. The molecule has 0 fully saturated rings. The first kappa shape index (κ1) is 20.4. The first-order valence-corrected chi connectivity index (χ1v) is 8.51. The fourth-order valence-corrected chi connectivity index (χ4v) is 2.95. The molecule has 0 saturated heterocycles. The van der Waals surface area contributed by atoms with E-state index in [2.05, 4.69) is 4.98 Å². The molecule has 1 aromatic carbocycles. The Morgan fingerprint density at radius 2 is 1.76 bits per heavy atom. The van der Waals surface area contributed by atoms with E-state index in [-0.39, 0.29) is 17.7 Å². The van der Waals surface area contributed by atoms with E-state index in [4.69, 9.17) is 0 Å². The zero-order chi connectivity index (χ0) is 21.5. The third kappa shape index (κ3) is 3.80. The van der Waals surface area contributed by atoms with Gasteiger partial charge in [0.25, 0.3) is 5.56 Å². The van der Waals surface area contributed by atoms with Gasteiger partial charge in [-0.15, -0.1) is 0 Å². The van der Waals surface area contributed by atoms with E-state index in [1.165, 1.54) is 46.6 Å². The predicted molar refractivity (Wildman–Crippen MR) is 98.1 cm³/mol. The standard InChI is InChI=1S/C18H18F3N5O3/c1-23(8-11-4-6-12(7-5-11)18(19,20)21)13(27)9-26-16(28)14-15(22-10-24(14)2)25(3)17(26)29/h4-7,10H,8-9H2,1-3H3. The molecular formula is C18H18F3N5O3. The van der Waals surface area contributed by atoms with Crippen molar-refractivity contribution in [3.8, 4) is 0 Å². The van der Waals surface area contributed by atoms with Crippen LogP contribution in [0.15, 0.2) is 40.2 Å². The van der Waals surface area contributed by atoms with Crippen molar-refractivity contribution in [1.82, 2.24) is 23.6 Å². The second-order valence-electron chi connectivity index (χ2n) is 6.71. The fourth-order valence-electron chi connectivity index (χ4n) is 2.95. The Kier molecular flexibility index (Phi) is 5.07. The van der Waals surface area contributed by atoms with Crippen LogP contribution >= 0.6 is 0 Å². The third-order valence-electron chi connectivity index (χ3n) is 4.62.